The second kappa shape index (κ2) is 7.76. The molecule has 5 heterocycles. The SMILES string of the molecule is Nc1ncc(-c2cnn(C3CCNCC3)c2)nc1NCc1cc2cnccc2s1. The van der Waals surface area contributed by atoms with E-state index in [4.69, 9.17) is 10.7 Å². The van der Waals surface area contributed by atoms with Gasteiger partial charge in [-0.3, -0.25) is 9.67 Å². The highest BCUT2D eigenvalue weighted by atomic mass is 32.1. The summed E-state index contributed by atoms with van der Waals surface area (Å²) in [6.07, 6.45) is 11.5. The van der Waals surface area contributed by atoms with Crippen molar-refractivity contribution < 1.29 is 0 Å². The molecule has 148 valence electrons. The van der Waals surface area contributed by atoms with Crippen LogP contribution in [0.3, 0.4) is 0 Å². The first kappa shape index (κ1) is 18.0. The van der Waals surface area contributed by atoms with Crippen molar-refractivity contribution >= 4 is 33.1 Å². The molecule has 0 bridgehead atoms. The van der Waals surface area contributed by atoms with Gasteiger partial charge in [-0.2, -0.15) is 5.10 Å². The number of nitrogens with one attached hydrogen (secondary N) is 2. The van der Waals surface area contributed by atoms with E-state index in [9.17, 15) is 0 Å². The Morgan fingerprint density at radius 1 is 1.24 bits per heavy atom. The van der Waals surface area contributed by atoms with Gasteiger partial charge in [-0.05, 0) is 38.1 Å². The first-order chi connectivity index (χ1) is 14.3. The summed E-state index contributed by atoms with van der Waals surface area (Å²) < 4.78 is 3.27. The van der Waals surface area contributed by atoms with E-state index in [1.807, 2.05) is 29.3 Å². The minimum absolute atomic E-state index is 0.391. The van der Waals surface area contributed by atoms with E-state index < -0.39 is 0 Å². The average Bonchev–Trinajstić information content (AvgIpc) is 3.41. The van der Waals surface area contributed by atoms with Crippen LogP contribution in [0, 0.1) is 0 Å². The average molecular weight is 407 g/mol. The predicted octanol–water partition coefficient (Wildman–Crippen LogP) is 3.07. The smallest absolute Gasteiger partial charge is 0.169 e. The van der Waals surface area contributed by atoms with Crippen LogP contribution in [0.15, 0.2) is 43.1 Å². The number of hydrogen-bond acceptors (Lipinski definition) is 8. The maximum Gasteiger partial charge on any atom is 0.169 e. The number of aromatic nitrogens is 5. The van der Waals surface area contributed by atoms with Gasteiger partial charge in [0.15, 0.2) is 11.6 Å². The third kappa shape index (κ3) is 3.79. The van der Waals surface area contributed by atoms with E-state index in [1.54, 1.807) is 17.5 Å². The highest BCUT2D eigenvalue weighted by molar-refractivity contribution is 7.19. The molecular weight excluding hydrogens is 384 g/mol. The van der Waals surface area contributed by atoms with Gasteiger partial charge in [0.25, 0.3) is 0 Å². The Labute approximate surface area is 172 Å². The van der Waals surface area contributed by atoms with E-state index in [0.29, 0.717) is 24.2 Å². The van der Waals surface area contributed by atoms with Gasteiger partial charge in [-0.25, -0.2) is 9.97 Å². The van der Waals surface area contributed by atoms with Gasteiger partial charge in [-0.15, -0.1) is 11.3 Å². The molecule has 0 unspecified atom stereocenters. The van der Waals surface area contributed by atoms with Crippen molar-refractivity contribution in [1.82, 2.24) is 30.0 Å². The number of rotatable bonds is 5. The molecule has 9 heteroatoms. The molecule has 29 heavy (non-hydrogen) atoms. The second-order valence-electron chi connectivity index (χ2n) is 7.16. The Kier molecular flexibility index (Phi) is 4.82. The Balaban J connectivity index is 1.34. The quantitative estimate of drug-likeness (QED) is 0.467. The summed E-state index contributed by atoms with van der Waals surface area (Å²) in [5, 5.41) is 12.4. The fourth-order valence-electron chi connectivity index (χ4n) is 3.61. The number of thiophene rings is 1. The lowest BCUT2D eigenvalue weighted by Crippen LogP contribution is -2.29. The number of nitrogens with two attached hydrogens (primary N) is 1. The van der Waals surface area contributed by atoms with Gasteiger partial charge in [0.2, 0.25) is 0 Å². The monoisotopic (exact) mass is 406 g/mol. The molecule has 4 aromatic heterocycles. The molecule has 0 radical (unpaired) electrons. The molecule has 1 aliphatic rings. The topological polar surface area (TPSA) is 107 Å². The molecule has 4 aromatic rings. The van der Waals surface area contributed by atoms with E-state index >= 15 is 0 Å². The number of fused-ring (bicyclic) bond motifs is 1. The van der Waals surface area contributed by atoms with E-state index in [-0.39, 0.29) is 0 Å². The lowest BCUT2D eigenvalue weighted by Gasteiger charge is -2.22. The highest BCUT2D eigenvalue weighted by Gasteiger charge is 2.17. The highest BCUT2D eigenvalue weighted by Crippen LogP contribution is 2.27. The summed E-state index contributed by atoms with van der Waals surface area (Å²) in [5.74, 6) is 0.981. The van der Waals surface area contributed by atoms with E-state index in [0.717, 1.165) is 42.6 Å². The Morgan fingerprint density at radius 2 is 2.14 bits per heavy atom. The molecule has 0 saturated carbocycles. The Hall–Kier alpha value is -3.04. The summed E-state index contributed by atoms with van der Waals surface area (Å²) in [6, 6.07) is 4.60. The van der Waals surface area contributed by atoms with Crippen molar-refractivity contribution in [1.29, 1.82) is 0 Å². The first-order valence-corrected chi connectivity index (χ1v) is 10.5. The summed E-state index contributed by atoms with van der Waals surface area (Å²) >= 11 is 1.73. The molecule has 5 rings (SSSR count). The van der Waals surface area contributed by atoms with Gasteiger partial charge in [0, 0.05) is 39.1 Å². The number of pyridine rings is 1. The summed E-state index contributed by atoms with van der Waals surface area (Å²) in [4.78, 5) is 14.4. The molecule has 8 nitrogen and oxygen atoms in total. The minimum atomic E-state index is 0.391. The van der Waals surface area contributed by atoms with Gasteiger partial charge >= 0.3 is 0 Å². The molecule has 0 aromatic carbocycles. The van der Waals surface area contributed by atoms with Crippen LogP contribution in [0.5, 0.6) is 0 Å². The standard InChI is InChI=1S/C20H22N8S/c21-19-20(25-10-16-7-13-8-23-6-3-18(13)29-16)27-17(11-24-19)14-9-26-28(12-14)15-1-4-22-5-2-15/h3,6-9,11-12,15,22H,1-2,4-5,10H2,(H2,21,24)(H,25,27). The number of hydrogen-bond donors (Lipinski definition) is 3. The van der Waals surface area contributed by atoms with Crippen LogP contribution in [0.25, 0.3) is 21.3 Å². The number of nitrogens with zero attached hydrogens (tertiary/aromatic N) is 5. The third-order valence-electron chi connectivity index (χ3n) is 5.18. The van der Waals surface area contributed by atoms with Crippen LogP contribution in [-0.2, 0) is 6.54 Å². The molecular formula is C20H22N8S. The number of nitrogen functional groups attached to an aromatic ring is 1. The predicted molar refractivity (Wildman–Crippen MR) is 116 cm³/mol. The summed E-state index contributed by atoms with van der Waals surface area (Å²) in [6.45, 7) is 2.70. The fourth-order valence-corrected chi connectivity index (χ4v) is 4.58. The molecule has 0 spiro atoms. The van der Waals surface area contributed by atoms with Crippen molar-refractivity contribution in [3.05, 3.63) is 48.0 Å². The molecule has 1 saturated heterocycles. The maximum atomic E-state index is 6.06. The van der Waals surface area contributed by atoms with Crippen LogP contribution in [-0.4, -0.2) is 37.8 Å². The molecule has 1 aliphatic heterocycles. The van der Waals surface area contributed by atoms with Gasteiger partial charge in [0.1, 0.15) is 0 Å². The van der Waals surface area contributed by atoms with Crippen LogP contribution in [0.1, 0.15) is 23.8 Å². The zero-order valence-electron chi connectivity index (χ0n) is 15.9. The zero-order valence-corrected chi connectivity index (χ0v) is 16.7. The Bertz CT molecular complexity index is 1100. The molecule has 0 atom stereocenters. The normalized spacial score (nSPS) is 15.0. The largest absolute Gasteiger partial charge is 0.381 e. The van der Waals surface area contributed by atoms with Gasteiger partial charge in [0.05, 0.1) is 30.7 Å². The van der Waals surface area contributed by atoms with Crippen LogP contribution in [0.4, 0.5) is 11.6 Å². The third-order valence-corrected chi connectivity index (χ3v) is 6.29. The van der Waals surface area contributed by atoms with Crippen LogP contribution >= 0.6 is 11.3 Å². The zero-order chi connectivity index (χ0) is 19.6. The fraction of sp³-hybridized carbons (Fsp3) is 0.300. The van der Waals surface area contributed by atoms with Crippen LogP contribution in [0.2, 0.25) is 0 Å². The van der Waals surface area contributed by atoms with Gasteiger partial charge in [-0.1, -0.05) is 0 Å². The van der Waals surface area contributed by atoms with Crippen molar-refractivity contribution in [2.75, 3.05) is 24.1 Å². The van der Waals surface area contributed by atoms with E-state index in [2.05, 4.69) is 38.0 Å². The maximum absolute atomic E-state index is 6.06. The van der Waals surface area contributed by atoms with Gasteiger partial charge < -0.3 is 16.4 Å². The lowest BCUT2D eigenvalue weighted by atomic mass is 10.1. The first-order valence-electron chi connectivity index (χ1n) is 9.70. The molecule has 1 fully saturated rings. The minimum Gasteiger partial charge on any atom is -0.381 e. The van der Waals surface area contributed by atoms with Crippen molar-refractivity contribution in [2.45, 2.75) is 25.4 Å². The van der Waals surface area contributed by atoms with Crippen molar-refractivity contribution in [2.24, 2.45) is 0 Å². The van der Waals surface area contributed by atoms with Crippen molar-refractivity contribution in [3.63, 3.8) is 0 Å². The van der Waals surface area contributed by atoms with E-state index in [1.165, 1.54) is 9.58 Å². The lowest BCUT2D eigenvalue weighted by molar-refractivity contribution is 0.343. The van der Waals surface area contributed by atoms with Crippen LogP contribution < -0.4 is 16.4 Å². The summed E-state index contributed by atoms with van der Waals surface area (Å²) in [5.41, 5.74) is 7.78. The van der Waals surface area contributed by atoms with Crippen molar-refractivity contribution in [3.8, 4) is 11.3 Å². The second-order valence-corrected chi connectivity index (χ2v) is 8.33. The molecule has 4 N–H and O–H groups in total. The summed E-state index contributed by atoms with van der Waals surface area (Å²) in [7, 11) is 0. The molecule has 0 aliphatic carbocycles. The Morgan fingerprint density at radius 3 is 3.00 bits per heavy atom. The number of anilines is 2. The number of piperidine rings is 1. The molecule has 0 amide bonds.